The van der Waals surface area contributed by atoms with E-state index in [2.05, 4.69) is 4.98 Å². The molecule has 2 rings (SSSR count). The molecule has 1 aromatic rings. The van der Waals surface area contributed by atoms with Crippen molar-refractivity contribution in [2.24, 2.45) is 5.92 Å². The van der Waals surface area contributed by atoms with Crippen LogP contribution in [0.3, 0.4) is 0 Å². The van der Waals surface area contributed by atoms with Gasteiger partial charge in [0.25, 0.3) is 5.91 Å². The van der Waals surface area contributed by atoms with Crippen LogP contribution in [0.1, 0.15) is 23.3 Å². The number of carbonyl (C=O) groups is 1. The molecule has 5 heteroatoms. The lowest BCUT2D eigenvalue weighted by Crippen LogP contribution is -2.35. The number of nitrogens with zero attached hydrogens (tertiary/aromatic N) is 2. The summed E-state index contributed by atoms with van der Waals surface area (Å²) in [4.78, 5) is 17.2. The smallest absolute Gasteiger partial charge is 0.272 e. The van der Waals surface area contributed by atoms with Crippen molar-refractivity contribution in [3.05, 3.63) is 29.8 Å². The highest BCUT2D eigenvalue weighted by Crippen LogP contribution is 2.15. The quantitative estimate of drug-likeness (QED) is 0.769. The molecule has 1 aliphatic rings. The average molecular weight is 252 g/mol. The molecule has 0 N–H and O–H groups in total. The molecule has 1 fully saturated rings. The molecule has 0 spiro atoms. The summed E-state index contributed by atoms with van der Waals surface area (Å²) in [5.74, 6) is -0.517. The molecule has 2 heterocycles. The zero-order valence-corrected chi connectivity index (χ0v) is 10.4. The zero-order valence-electron chi connectivity index (χ0n) is 10.4. The van der Waals surface area contributed by atoms with Gasteiger partial charge in [0.1, 0.15) is 5.69 Å². The van der Waals surface area contributed by atoms with Gasteiger partial charge in [-0.3, -0.25) is 4.79 Å². The normalized spacial score (nSPS) is 19.6. The Morgan fingerprint density at radius 1 is 1.61 bits per heavy atom. The number of ether oxygens (including phenoxy) is 1. The van der Waals surface area contributed by atoms with E-state index in [0.717, 1.165) is 19.4 Å². The Morgan fingerprint density at radius 3 is 3.11 bits per heavy atom. The molecule has 0 saturated carbocycles. The SMILES string of the molecule is CN(CC1CCCOC1)C(=O)c1cccc(F)n1. The Morgan fingerprint density at radius 2 is 2.44 bits per heavy atom. The van der Waals surface area contributed by atoms with Gasteiger partial charge in [-0.25, -0.2) is 4.98 Å². The van der Waals surface area contributed by atoms with Crippen LogP contribution < -0.4 is 0 Å². The van der Waals surface area contributed by atoms with E-state index in [1.165, 1.54) is 18.2 Å². The molecule has 1 amide bonds. The summed E-state index contributed by atoms with van der Waals surface area (Å²) in [6.45, 7) is 2.12. The predicted octanol–water partition coefficient (Wildman–Crippen LogP) is 1.72. The first-order valence-electron chi connectivity index (χ1n) is 6.12. The summed E-state index contributed by atoms with van der Waals surface area (Å²) in [6.07, 6.45) is 2.10. The summed E-state index contributed by atoms with van der Waals surface area (Å²) < 4.78 is 18.3. The number of hydrogen-bond donors (Lipinski definition) is 0. The van der Waals surface area contributed by atoms with Crippen molar-refractivity contribution < 1.29 is 13.9 Å². The molecular weight excluding hydrogens is 235 g/mol. The lowest BCUT2D eigenvalue weighted by atomic mass is 10.0. The fourth-order valence-electron chi connectivity index (χ4n) is 2.14. The first-order chi connectivity index (χ1) is 8.66. The Labute approximate surface area is 106 Å². The largest absolute Gasteiger partial charge is 0.381 e. The Kier molecular flexibility index (Phi) is 4.25. The molecule has 18 heavy (non-hydrogen) atoms. The highest BCUT2D eigenvalue weighted by atomic mass is 19.1. The fraction of sp³-hybridized carbons (Fsp3) is 0.538. The lowest BCUT2D eigenvalue weighted by molar-refractivity contribution is 0.0386. The van der Waals surface area contributed by atoms with E-state index in [-0.39, 0.29) is 11.6 Å². The van der Waals surface area contributed by atoms with Crippen molar-refractivity contribution >= 4 is 5.91 Å². The number of amides is 1. The van der Waals surface area contributed by atoms with Crippen LogP contribution in [-0.2, 0) is 4.74 Å². The summed E-state index contributed by atoms with van der Waals surface area (Å²) >= 11 is 0. The number of carbonyl (C=O) groups excluding carboxylic acids is 1. The second-order valence-corrected chi connectivity index (χ2v) is 4.61. The Bertz CT molecular complexity index is 419. The second kappa shape index (κ2) is 5.91. The van der Waals surface area contributed by atoms with E-state index < -0.39 is 5.95 Å². The predicted molar refractivity (Wildman–Crippen MR) is 64.7 cm³/mol. The monoisotopic (exact) mass is 252 g/mol. The van der Waals surface area contributed by atoms with Crippen molar-refractivity contribution in [1.82, 2.24) is 9.88 Å². The first-order valence-corrected chi connectivity index (χ1v) is 6.12. The van der Waals surface area contributed by atoms with E-state index in [1.807, 2.05) is 0 Å². The number of pyridine rings is 1. The van der Waals surface area contributed by atoms with Crippen molar-refractivity contribution in [1.29, 1.82) is 0 Å². The van der Waals surface area contributed by atoms with Gasteiger partial charge < -0.3 is 9.64 Å². The molecule has 98 valence electrons. The molecule has 0 radical (unpaired) electrons. The van der Waals surface area contributed by atoms with Crippen LogP contribution in [0.5, 0.6) is 0 Å². The molecule has 1 aromatic heterocycles. The topological polar surface area (TPSA) is 42.4 Å². The summed E-state index contributed by atoms with van der Waals surface area (Å²) in [6, 6.07) is 4.25. The van der Waals surface area contributed by atoms with Crippen LogP contribution in [0.15, 0.2) is 18.2 Å². The molecule has 0 aromatic carbocycles. The second-order valence-electron chi connectivity index (χ2n) is 4.61. The highest BCUT2D eigenvalue weighted by Gasteiger charge is 2.20. The van der Waals surface area contributed by atoms with Crippen molar-refractivity contribution in [2.45, 2.75) is 12.8 Å². The maximum absolute atomic E-state index is 12.9. The molecule has 1 aliphatic heterocycles. The van der Waals surface area contributed by atoms with Gasteiger partial charge in [-0.1, -0.05) is 6.07 Å². The lowest BCUT2D eigenvalue weighted by Gasteiger charge is -2.26. The third kappa shape index (κ3) is 3.26. The molecule has 0 aliphatic carbocycles. The molecule has 1 saturated heterocycles. The summed E-state index contributed by atoms with van der Waals surface area (Å²) in [5.41, 5.74) is 0.147. The number of aromatic nitrogens is 1. The Balaban J connectivity index is 1.95. The van der Waals surface area contributed by atoms with Crippen molar-refractivity contribution in [3.8, 4) is 0 Å². The van der Waals surface area contributed by atoms with Crippen LogP contribution >= 0.6 is 0 Å². The maximum atomic E-state index is 12.9. The zero-order chi connectivity index (χ0) is 13.0. The van der Waals surface area contributed by atoms with E-state index in [0.29, 0.717) is 19.1 Å². The van der Waals surface area contributed by atoms with Crippen LogP contribution in [0.25, 0.3) is 0 Å². The van der Waals surface area contributed by atoms with Gasteiger partial charge in [0.15, 0.2) is 0 Å². The first kappa shape index (κ1) is 13.0. The van der Waals surface area contributed by atoms with Crippen LogP contribution in [0.4, 0.5) is 4.39 Å². The van der Waals surface area contributed by atoms with Crippen molar-refractivity contribution in [3.63, 3.8) is 0 Å². The minimum absolute atomic E-state index is 0.147. The number of hydrogen-bond acceptors (Lipinski definition) is 3. The van der Waals surface area contributed by atoms with Gasteiger partial charge in [-0.2, -0.15) is 4.39 Å². The third-order valence-electron chi connectivity index (χ3n) is 3.07. The van der Waals surface area contributed by atoms with Crippen LogP contribution in [0, 0.1) is 11.9 Å². The van der Waals surface area contributed by atoms with E-state index in [4.69, 9.17) is 4.74 Å². The molecule has 4 nitrogen and oxygen atoms in total. The van der Waals surface area contributed by atoms with Gasteiger partial charge in [0.2, 0.25) is 5.95 Å². The molecular formula is C13H17FN2O2. The summed E-state index contributed by atoms with van der Waals surface area (Å²) in [7, 11) is 1.71. The van der Waals surface area contributed by atoms with Crippen LogP contribution in [0.2, 0.25) is 0 Å². The van der Waals surface area contributed by atoms with Gasteiger partial charge >= 0.3 is 0 Å². The number of rotatable bonds is 3. The fourth-order valence-corrected chi connectivity index (χ4v) is 2.14. The molecule has 0 bridgehead atoms. The summed E-state index contributed by atoms with van der Waals surface area (Å²) in [5, 5.41) is 0. The molecule has 1 unspecified atom stereocenters. The molecule has 1 atom stereocenters. The van der Waals surface area contributed by atoms with Crippen LogP contribution in [-0.4, -0.2) is 42.6 Å². The van der Waals surface area contributed by atoms with Gasteiger partial charge in [0, 0.05) is 20.2 Å². The van der Waals surface area contributed by atoms with Crippen molar-refractivity contribution in [2.75, 3.05) is 26.8 Å². The highest BCUT2D eigenvalue weighted by molar-refractivity contribution is 5.92. The van der Waals surface area contributed by atoms with E-state index in [1.54, 1.807) is 11.9 Å². The van der Waals surface area contributed by atoms with Gasteiger partial charge in [0.05, 0.1) is 6.61 Å². The minimum Gasteiger partial charge on any atom is -0.381 e. The van der Waals surface area contributed by atoms with Gasteiger partial charge in [-0.05, 0) is 30.9 Å². The standard InChI is InChI=1S/C13H17FN2O2/c1-16(8-10-4-3-7-18-9-10)13(17)11-5-2-6-12(14)15-11/h2,5-6,10H,3-4,7-9H2,1H3. The average Bonchev–Trinajstić information content (AvgIpc) is 2.39. The maximum Gasteiger partial charge on any atom is 0.272 e. The number of halogens is 1. The van der Waals surface area contributed by atoms with E-state index in [9.17, 15) is 9.18 Å². The third-order valence-corrected chi connectivity index (χ3v) is 3.07. The minimum atomic E-state index is -0.629. The Hall–Kier alpha value is -1.49. The van der Waals surface area contributed by atoms with Gasteiger partial charge in [-0.15, -0.1) is 0 Å². The van der Waals surface area contributed by atoms with E-state index >= 15 is 0 Å².